The lowest BCUT2D eigenvalue weighted by Crippen LogP contribution is -2.31. The number of nitrogens with one attached hydrogen (secondary N) is 1. The van der Waals surface area contributed by atoms with Gasteiger partial charge in [0.15, 0.2) is 0 Å². The topological polar surface area (TPSA) is 53.2 Å². The Morgan fingerprint density at radius 3 is 2.17 bits per heavy atom. The van der Waals surface area contributed by atoms with Crippen molar-refractivity contribution in [2.24, 2.45) is 0 Å². The molecule has 0 atom stereocenters. The molecule has 0 aliphatic carbocycles. The fourth-order valence-corrected chi connectivity index (χ4v) is 4.55. The smallest absolute Gasteiger partial charge is 0.261 e. The van der Waals surface area contributed by atoms with Gasteiger partial charge in [-0.3, -0.25) is 14.5 Å². The number of hydrogen-bond donors (Lipinski definition) is 1. The Bertz CT molecular complexity index is 1290. The molecule has 1 N–H and O–H groups in total. The van der Waals surface area contributed by atoms with E-state index in [1.807, 2.05) is 30.3 Å². The molecule has 1 aliphatic rings. The molecule has 2 amide bonds. The molecule has 30 heavy (non-hydrogen) atoms. The van der Waals surface area contributed by atoms with E-state index in [2.05, 4.69) is 4.98 Å². The molecule has 1 aromatic heterocycles. The van der Waals surface area contributed by atoms with Gasteiger partial charge in [0.25, 0.3) is 11.8 Å². The zero-order chi connectivity index (χ0) is 20.8. The largest absolute Gasteiger partial charge is 0.354 e. The number of fused-ring (bicyclic) bond motifs is 2. The molecule has 0 bridgehead atoms. The third kappa shape index (κ3) is 3.00. The van der Waals surface area contributed by atoms with Crippen molar-refractivity contribution in [1.29, 1.82) is 0 Å². The number of amides is 2. The highest BCUT2D eigenvalue weighted by molar-refractivity contribution is 6.36. The Hall–Kier alpha value is -3.08. The van der Waals surface area contributed by atoms with Crippen LogP contribution in [0.3, 0.4) is 0 Å². The quantitative estimate of drug-likeness (QED) is 0.401. The van der Waals surface area contributed by atoms with E-state index in [1.165, 1.54) is 4.90 Å². The van der Waals surface area contributed by atoms with Crippen LogP contribution in [-0.4, -0.2) is 28.2 Å². The predicted molar refractivity (Wildman–Crippen MR) is 119 cm³/mol. The minimum absolute atomic E-state index is 0.249. The Balaban J connectivity index is 1.53. The van der Waals surface area contributed by atoms with E-state index in [0.717, 1.165) is 27.7 Å². The van der Waals surface area contributed by atoms with Crippen LogP contribution in [0.2, 0.25) is 10.0 Å². The number of H-pyrrole nitrogens is 1. The maximum absolute atomic E-state index is 12.7. The summed E-state index contributed by atoms with van der Waals surface area (Å²) in [6.45, 7) is 0.284. The van der Waals surface area contributed by atoms with Crippen LogP contribution in [-0.2, 0) is 6.42 Å². The monoisotopic (exact) mass is 434 g/mol. The number of para-hydroxylation sites is 1. The van der Waals surface area contributed by atoms with E-state index in [9.17, 15) is 9.59 Å². The van der Waals surface area contributed by atoms with E-state index in [1.54, 1.807) is 36.4 Å². The second kappa shape index (κ2) is 7.31. The molecule has 4 aromatic rings. The standard InChI is InChI=1S/C24H16Cl2N2O2/c25-14-9-10-19(20(26)13-14)22-16(15-5-3-4-8-21(15)27-22)11-12-28-23(29)17-6-1-2-7-18(17)24(28)30/h1-10,13,27H,11-12H2. The van der Waals surface area contributed by atoms with Crippen molar-refractivity contribution in [3.05, 3.63) is 93.5 Å². The molecular formula is C24H16Cl2N2O2. The van der Waals surface area contributed by atoms with Crippen molar-refractivity contribution < 1.29 is 9.59 Å². The number of nitrogens with zero attached hydrogens (tertiary/aromatic N) is 1. The van der Waals surface area contributed by atoms with Crippen molar-refractivity contribution in [1.82, 2.24) is 9.88 Å². The van der Waals surface area contributed by atoms with Gasteiger partial charge >= 0.3 is 0 Å². The third-order valence-electron chi connectivity index (χ3n) is 5.48. The van der Waals surface area contributed by atoms with Crippen molar-refractivity contribution in [2.45, 2.75) is 6.42 Å². The molecular weight excluding hydrogens is 419 g/mol. The molecule has 4 nitrogen and oxygen atoms in total. The van der Waals surface area contributed by atoms with Crippen LogP contribution in [0.15, 0.2) is 66.7 Å². The number of carbonyl (C=O) groups excluding carboxylic acids is 2. The summed E-state index contributed by atoms with van der Waals surface area (Å²) in [7, 11) is 0. The number of aromatic nitrogens is 1. The van der Waals surface area contributed by atoms with Crippen LogP contribution < -0.4 is 0 Å². The van der Waals surface area contributed by atoms with Crippen LogP contribution >= 0.6 is 23.2 Å². The number of carbonyl (C=O) groups is 2. The summed E-state index contributed by atoms with van der Waals surface area (Å²) in [5.41, 5.74) is 4.59. The summed E-state index contributed by atoms with van der Waals surface area (Å²) in [5, 5.41) is 2.14. The molecule has 1 aliphatic heterocycles. The zero-order valence-electron chi connectivity index (χ0n) is 15.8. The Kier molecular flexibility index (Phi) is 4.61. The second-order valence-corrected chi connectivity index (χ2v) is 8.05. The first-order valence-corrected chi connectivity index (χ1v) is 10.3. The van der Waals surface area contributed by atoms with Gasteiger partial charge in [-0.15, -0.1) is 0 Å². The molecule has 5 rings (SSSR count). The minimum Gasteiger partial charge on any atom is -0.354 e. The maximum Gasteiger partial charge on any atom is 0.261 e. The van der Waals surface area contributed by atoms with E-state index >= 15 is 0 Å². The van der Waals surface area contributed by atoms with Gasteiger partial charge in [0, 0.05) is 28.0 Å². The highest BCUT2D eigenvalue weighted by Gasteiger charge is 2.35. The Morgan fingerprint density at radius 1 is 0.800 bits per heavy atom. The van der Waals surface area contributed by atoms with E-state index in [0.29, 0.717) is 27.6 Å². The van der Waals surface area contributed by atoms with E-state index in [4.69, 9.17) is 23.2 Å². The van der Waals surface area contributed by atoms with Gasteiger partial charge in [-0.2, -0.15) is 0 Å². The zero-order valence-corrected chi connectivity index (χ0v) is 17.3. The average molecular weight is 435 g/mol. The summed E-state index contributed by atoms with van der Waals surface area (Å²) in [6.07, 6.45) is 0.504. The van der Waals surface area contributed by atoms with E-state index in [-0.39, 0.29) is 18.4 Å². The number of imide groups is 1. The summed E-state index contributed by atoms with van der Waals surface area (Å²) >= 11 is 12.5. The van der Waals surface area contributed by atoms with Gasteiger partial charge in [0.05, 0.1) is 21.8 Å². The molecule has 0 saturated carbocycles. The number of hydrogen-bond acceptors (Lipinski definition) is 2. The van der Waals surface area contributed by atoms with Crippen LogP contribution in [0.4, 0.5) is 0 Å². The van der Waals surface area contributed by atoms with Gasteiger partial charge in [-0.05, 0) is 48.4 Å². The number of rotatable bonds is 4. The highest BCUT2D eigenvalue weighted by Crippen LogP contribution is 2.36. The number of aromatic amines is 1. The molecule has 0 radical (unpaired) electrons. The molecule has 0 unspecified atom stereocenters. The molecule has 0 fully saturated rings. The lowest BCUT2D eigenvalue weighted by atomic mass is 10.0. The summed E-state index contributed by atoms with van der Waals surface area (Å²) in [6, 6.07) is 20.3. The SMILES string of the molecule is O=C1c2ccccc2C(=O)N1CCc1c(-c2ccc(Cl)cc2Cl)[nH]c2ccccc12. The van der Waals surface area contributed by atoms with Gasteiger partial charge in [-0.25, -0.2) is 0 Å². The van der Waals surface area contributed by atoms with Crippen LogP contribution in [0.25, 0.3) is 22.2 Å². The summed E-state index contributed by atoms with van der Waals surface area (Å²) in [4.78, 5) is 30.2. The second-order valence-electron chi connectivity index (χ2n) is 7.21. The molecule has 3 aromatic carbocycles. The first-order chi connectivity index (χ1) is 14.5. The minimum atomic E-state index is -0.249. The third-order valence-corrected chi connectivity index (χ3v) is 6.03. The normalized spacial score (nSPS) is 13.3. The Morgan fingerprint density at radius 2 is 1.47 bits per heavy atom. The van der Waals surface area contributed by atoms with Gasteiger partial charge in [-0.1, -0.05) is 53.5 Å². The highest BCUT2D eigenvalue weighted by atomic mass is 35.5. The van der Waals surface area contributed by atoms with Crippen molar-refractivity contribution >= 4 is 45.9 Å². The molecule has 148 valence electrons. The summed E-state index contributed by atoms with van der Waals surface area (Å²) < 4.78 is 0. The lowest BCUT2D eigenvalue weighted by molar-refractivity contribution is 0.0656. The predicted octanol–water partition coefficient (Wildman–Crippen LogP) is 5.98. The van der Waals surface area contributed by atoms with Crippen LogP contribution in [0.5, 0.6) is 0 Å². The average Bonchev–Trinajstić information content (AvgIpc) is 3.22. The van der Waals surface area contributed by atoms with Crippen LogP contribution in [0.1, 0.15) is 26.3 Å². The van der Waals surface area contributed by atoms with Gasteiger partial charge in [0.2, 0.25) is 0 Å². The fourth-order valence-electron chi connectivity index (χ4n) is 4.05. The molecule has 2 heterocycles. The number of benzene rings is 3. The van der Waals surface area contributed by atoms with E-state index < -0.39 is 0 Å². The van der Waals surface area contributed by atoms with Crippen molar-refractivity contribution in [3.8, 4) is 11.3 Å². The first kappa shape index (κ1) is 18.9. The summed E-state index contributed by atoms with van der Waals surface area (Å²) in [5.74, 6) is -0.497. The van der Waals surface area contributed by atoms with Gasteiger partial charge < -0.3 is 4.98 Å². The van der Waals surface area contributed by atoms with Crippen molar-refractivity contribution in [3.63, 3.8) is 0 Å². The van der Waals surface area contributed by atoms with Crippen LogP contribution in [0, 0.1) is 0 Å². The number of halogens is 2. The first-order valence-electron chi connectivity index (χ1n) is 9.55. The van der Waals surface area contributed by atoms with Gasteiger partial charge in [0.1, 0.15) is 0 Å². The molecule has 6 heteroatoms. The Labute approximate surface area is 183 Å². The molecule has 0 saturated heterocycles. The lowest BCUT2D eigenvalue weighted by Gasteiger charge is -2.15. The molecule has 0 spiro atoms. The fraction of sp³-hybridized carbons (Fsp3) is 0.0833. The van der Waals surface area contributed by atoms with Crippen molar-refractivity contribution in [2.75, 3.05) is 6.54 Å². The maximum atomic E-state index is 12.7.